The lowest BCUT2D eigenvalue weighted by Crippen LogP contribution is -2.32. The fourth-order valence-electron chi connectivity index (χ4n) is 4.02. The van der Waals surface area contributed by atoms with Crippen molar-refractivity contribution in [1.29, 1.82) is 0 Å². The van der Waals surface area contributed by atoms with Crippen LogP contribution in [-0.2, 0) is 28.3 Å². The number of sulfonamides is 1. The first-order valence-electron chi connectivity index (χ1n) is 11.1. The topological polar surface area (TPSA) is 94.9 Å². The second kappa shape index (κ2) is 9.68. The van der Waals surface area contributed by atoms with Gasteiger partial charge in [-0.15, -0.1) is 11.3 Å². The summed E-state index contributed by atoms with van der Waals surface area (Å²) in [5.74, 6) is -2.77. The molecule has 200 valence electrons. The second-order valence-corrected chi connectivity index (χ2v) is 11.9. The second-order valence-electron chi connectivity index (χ2n) is 8.99. The van der Waals surface area contributed by atoms with Gasteiger partial charge in [0, 0.05) is 15.6 Å². The molecule has 0 saturated carbocycles. The lowest BCUT2D eigenvalue weighted by Gasteiger charge is -2.28. The number of nitrogens with zero attached hydrogens (tertiary/aromatic N) is 1. The minimum absolute atomic E-state index is 0.0545. The van der Waals surface area contributed by atoms with Crippen LogP contribution in [-0.4, -0.2) is 24.6 Å². The molecule has 6 nitrogen and oxygen atoms in total. The van der Waals surface area contributed by atoms with E-state index in [1.165, 1.54) is 13.8 Å². The smallest absolute Gasteiger partial charge is 0.419 e. The van der Waals surface area contributed by atoms with Crippen molar-refractivity contribution in [2.75, 3.05) is 4.31 Å². The highest BCUT2D eigenvalue weighted by atomic mass is 32.2. The van der Waals surface area contributed by atoms with Crippen molar-refractivity contribution in [3.63, 3.8) is 0 Å². The zero-order chi connectivity index (χ0) is 28.0. The van der Waals surface area contributed by atoms with Gasteiger partial charge in [0.2, 0.25) is 0 Å². The van der Waals surface area contributed by atoms with E-state index in [2.05, 4.69) is 0 Å². The van der Waals surface area contributed by atoms with Crippen LogP contribution in [0, 0.1) is 5.82 Å². The lowest BCUT2D eigenvalue weighted by atomic mass is 9.96. The van der Waals surface area contributed by atoms with E-state index < -0.39 is 45.7 Å². The van der Waals surface area contributed by atoms with Crippen molar-refractivity contribution >= 4 is 42.4 Å². The van der Waals surface area contributed by atoms with Gasteiger partial charge in [0.15, 0.2) is 0 Å². The van der Waals surface area contributed by atoms with Crippen LogP contribution in [0.3, 0.4) is 0 Å². The van der Waals surface area contributed by atoms with E-state index in [4.69, 9.17) is 0 Å². The maximum Gasteiger partial charge on any atom is 0.419 e. The molecule has 0 radical (unpaired) electrons. The number of halogens is 4. The molecule has 4 rings (SSSR count). The molecule has 0 bridgehead atoms. The summed E-state index contributed by atoms with van der Waals surface area (Å²) in [7, 11) is -4.52. The Labute approximate surface area is 219 Å². The molecule has 0 saturated heterocycles. The summed E-state index contributed by atoms with van der Waals surface area (Å²) in [6.45, 7) is 2.29. The van der Waals surface area contributed by atoms with Gasteiger partial charge in [-0.1, -0.05) is 24.3 Å². The van der Waals surface area contributed by atoms with Crippen molar-refractivity contribution in [3.05, 3.63) is 94.8 Å². The number of aliphatic hydroxyl groups is 1. The van der Waals surface area contributed by atoms with Crippen LogP contribution in [0.1, 0.15) is 40.9 Å². The van der Waals surface area contributed by atoms with Gasteiger partial charge in [-0.2, -0.15) is 13.2 Å². The van der Waals surface area contributed by atoms with Gasteiger partial charge < -0.3 is 10.2 Å². The number of carboxylic acids is 1. The number of hydrogen-bond acceptors (Lipinski definition) is 5. The van der Waals surface area contributed by atoms with Crippen molar-refractivity contribution in [2.45, 2.75) is 37.1 Å². The van der Waals surface area contributed by atoms with Gasteiger partial charge in [0.1, 0.15) is 10.8 Å². The highest BCUT2D eigenvalue weighted by Crippen LogP contribution is 2.46. The first-order valence-corrected chi connectivity index (χ1v) is 13.3. The summed E-state index contributed by atoms with van der Waals surface area (Å²) in [4.78, 5) is 10.9. The Morgan fingerprint density at radius 3 is 2.21 bits per heavy atom. The van der Waals surface area contributed by atoms with Gasteiger partial charge in [-0.25, -0.2) is 17.6 Å². The fourth-order valence-corrected chi connectivity index (χ4v) is 7.05. The number of anilines is 1. The van der Waals surface area contributed by atoms with Gasteiger partial charge in [0.05, 0.1) is 28.2 Å². The molecule has 3 aromatic carbocycles. The van der Waals surface area contributed by atoms with E-state index in [0.29, 0.717) is 22.2 Å². The van der Waals surface area contributed by atoms with Crippen LogP contribution >= 0.6 is 11.3 Å². The van der Waals surface area contributed by atoms with E-state index in [0.717, 1.165) is 46.0 Å². The molecule has 0 amide bonds. The van der Waals surface area contributed by atoms with Crippen molar-refractivity contribution in [2.24, 2.45) is 0 Å². The number of hydrogen-bond donors (Lipinski definition) is 2. The number of alkyl halides is 3. The average molecular weight is 568 g/mol. The summed E-state index contributed by atoms with van der Waals surface area (Å²) in [6.07, 6.45) is -5.01. The minimum Gasteiger partial charge on any atom is -0.478 e. The zero-order valence-corrected chi connectivity index (χ0v) is 21.6. The summed E-state index contributed by atoms with van der Waals surface area (Å²) >= 11 is 1.02. The molecule has 0 spiro atoms. The molecule has 0 aliphatic carbocycles. The minimum atomic E-state index is -5.01. The number of rotatable bonds is 7. The molecule has 2 N–H and O–H groups in total. The highest BCUT2D eigenvalue weighted by molar-refractivity contribution is 7.93. The van der Waals surface area contributed by atoms with Crippen LogP contribution in [0.5, 0.6) is 0 Å². The SMILES string of the molecule is CC(C)(O)c1c(N(Cc2ccc(F)c(C(F)(F)F)c2)S(=O)(=O)c2ccc(C(=O)O)cc2)sc2ccccc12. The third-order valence-electron chi connectivity index (χ3n) is 5.77. The van der Waals surface area contributed by atoms with Crippen molar-refractivity contribution in [1.82, 2.24) is 0 Å². The maximum atomic E-state index is 14.0. The summed E-state index contributed by atoms with van der Waals surface area (Å²) in [6, 6.07) is 13.4. The monoisotopic (exact) mass is 567 g/mol. The molecule has 1 aromatic heterocycles. The van der Waals surface area contributed by atoms with Crippen LogP contribution < -0.4 is 4.31 Å². The van der Waals surface area contributed by atoms with Crippen LogP contribution in [0.4, 0.5) is 22.6 Å². The molecule has 4 aromatic rings. The number of thiophene rings is 1. The quantitative estimate of drug-likeness (QED) is 0.253. The lowest BCUT2D eigenvalue weighted by molar-refractivity contribution is -0.140. The Morgan fingerprint density at radius 2 is 1.63 bits per heavy atom. The fraction of sp³-hybridized carbons (Fsp3) is 0.192. The Morgan fingerprint density at radius 1 is 1.00 bits per heavy atom. The first-order chi connectivity index (χ1) is 17.6. The molecule has 38 heavy (non-hydrogen) atoms. The predicted octanol–water partition coefficient (Wildman–Crippen LogP) is 6.38. The molecule has 0 fully saturated rings. The number of fused-ring (bicyclic) bond motifs is 1. The third-order valence-corrected chi connectivity index (χ3v) is 8.84. The van der Waals surface area contributed by atoms with Gasteiger partial charge >= 0.3 is 12.1 Å². The van der Waals surface area contributed by atoms with E-state index in [9.17, 15) is 41.0 Å². The molecular weight excluding hydrogens is 546 g/mol. The first kappa shape index (κ1) is 27.6. The Hall–Kier alpha value is -3.48. The summed E-state index contributed by atoms with van der Waals surface area (Å²) in [5, 5.41) is 20.8. The Kier molecular flexibility index (Phi) is 7.02. The van der Waals surface area contributed by atoms with E-state index >= 15 is 0 Å². The van der Waals surface area contributed by atoms with Gasteiger partial charge in [0.25, 0.3) is 10.0 Å². The standard InChI is InChI=1S/C26H21F4NO5S2/c1-25(2,34)22-18-5-3-4-6-21(18)37-23(22)31(14-15-7-12-20(27)19(13-15)26(28,29)30)38(35,36)17-10-8-16(9-11-17)24(32)33/h3-13,34H,14H2,1-2H3,(H,32,33). The molecular formula is C26H21F4NO5S2. The van der Waals surface area contributed by atoms with Gasteiger partial charge in [-0.05, 0) is 61.9 Å². The molecule has 1 heterocycles. The Bertz CT molecular complexity index is 1620. The van der Waals surface area contributed by atoms with E-state index in [-0.39, 0.29) is 26.6 Å². The van der Waals surface area contributed by atoms with Crippen molar-refractivity contribution in [3.8, 4) is 0 Å². The van der Waals surface area contributed by atoms with Gasteiger partial charge in [-0.3, -0.25) is 4.31 Å². The number of carboxylic acid groups (broad SMARTS) is 1. The number of benzene rings is 3. The highest BCUT2D eigenvalue weighted by Gasteiger charge is 2.37. The third kappa shape index (κ3) is 5.24. The maximum absolute atomic E-state index is 14.0. The van der Waals surface area contributed by atoms with E-state index in [1.807, 2.05) is 0 Å². The zero-order valence-electron chi connectivity index (χ0n) is 20.0. The van der Waals surface area contributed by atoms with E-state index in [1.54, 1.807) is 24.3 Å². The molecule has 0 unspecified atom stereocenters. The van der Waals surface area contributed by atoms with Crippen molar-refractivity contribution < 1.29 is 41.0 Å². The normalized spacial score (nSPS) is 12.6. The number of aromatic carboxylic acids is 1. The Balaban J connectivity index is 1.96. The van der Waals surface area contributed by atoms with Crippen LogP contribution in [0.2, 0.25) is 0 Å². The largest absolute Gasteiger partial charge is 0.478 e. The molecule has 0 aliphatic heterocycles. The van der Waals surface area contributed by atoms with Crippen LogP contribution in [0.15, 0.2) is 71.6 Å². The summed E-state index contributed by atoms with van der Waals surface area (Å²) < 4.78 is 83.5. The average Bonchev–Trinajstić information content (AvgIpc) is 3.22. The molecule has 12 heteroatoms. The summed E-state index contributed by atoms with van der Waals surface area (Å²) in [5.41, 5.74) is -3.18. The predicted molar refractivity (Wildman–Crippen MR) is 135 cm³/mol. The van der Waals surface area contributed by atoms with Crippen LogP contribution in [0.25, 0.3) is 10.1 Å². The number of carbonyl (C=O) groups is 1. The molecule has 0 atom stereocenters. The molecule has 0 aliphatic rings.